The normalized spacial score (nSPS) is 37.8. The third-order valence-corrected chi connectivity index (χ3v) is 7.33. The largest absolute Gasteiger partial charge is 0.449 e. The number of amides is 1. The first kappa shape index (κ1) is 19.7. The van der Waals surface area contributed by atoms with Crippen LogP contribution in [0.5, 0.6) is 0 Å². The van der Waals surface area contributed by atoms with E-state index in [0.29, 0.717) is 43.1 Å². The minimum atomic E-state index is -0.246. The van der Waals surface area contributed by atoms with Crippen LogP contribution in [-0.4, -0.2) is 31.5 Å². The zero-order chi connectivity index (χ0) is 18.7. The summed E-state index contributed by atoms with van der Waals surface area (Å²) in [6.07, 6.45) is 10.6. The highest BCUT2D eigenvalue weighted by Crippen LogP contribution is 2.53. The van der Waals surface area contributed by atoms with Gasteiger partial charge >= 0.3 is 6.09 Å². The van der Waals surface area contributed by atoms with Gasteiger partial charge in [-0.3, -0.25) is 0 Å². The van der Waals surface area contributed by atoms with Crippen molar-refractivity contribution in [2.45, 2.75) is 84.8 Å². The molecule has 1 amide bonds. The zero-order valence-electron chi connectivity index (χ0n) is 17.1. The molecule has 0 radical (unpaired) electrons. The Morgan fingerprint density at radius 3 is 2.73 bits per heavy atom. The lowest BCUT2D eigenvalue weighted by molar-refractivity contribution is -0.164. The van der Waals surface area contributed by atoms with Crippen molar-refractivity contribution in [2.24, 2.45) is 23.2 Å². The van der Waals surface area contributed by atoms with E-state index in [4.69, 9.17) is 9.47 Å². The molecule has 4 nitrogen and oxygen atoms in total. The third-order valence-electron chi connectivity index (χ3n) is 7.33. The molecule has 3 rings (SSSR count). The van der Waals surface area contributed by atoms with Crippen LogP contribution in [-0.2, 0) is 9.47 Å². The second-order valence-corrected chi connectivity index (χ2v) is 8.94. The summed E-state index contributed by atoms with van der Waals surface area (Å²) < 4.78 is 12.1. The molecule has 2 bridgehead atoms. The monoisotopic (exact) mass is 363 g/mol. The van der Waals surface area contributed by atoms with Gasteiger partial charge < -0.3 is 14.8 Å². The number of hydrogen-bond acceptors (Lipinski definition) is 3. The van der Waals surface area contributed by atoms with E-state index in [0.717, 1.165) is 25.7 Å². The van der Waals surface area contributed by atoms with Crippen LogP contribution in [0, 0.1) is 23.2 Å². The number of nitrogens with one attached hydrogen (secondary N) is 1. The Balaban J connectivity index is 1.65. The lowest BCUT2D eigenvalue weighted by Gasteiger charge is -2.55. The Morgan fingerprint density at radius 2 is 2.04 bits per heavy atom. The van der Waals surface area contributed by atoms with E-state index in [1.807, 2.05) is 0 Å². The first-order chi connectivity index (χ1) is 12.5. The van der Waals surface area contributed by atoms with E-state index in [2.05, 4.69) is 39.1 Å². The molecule has 3 aliphatic rings. The fourth-order valence-electron chi connectivity index (χ4n) is 5.59. The van der Waals surface area contributed by atoms with Gasteiger partial charge in [-0.2, -0.15) is 0 Å². The van der Waals surface area contributed by atoms with Crippen LogP contribution in [0.25, 0.3) is 0 Å². The molecule has 1 heterocycles. The van der Waals surface area contributed by atoms with E-state index in [9.17, 15) is 4.79 Å². The highest BCUT2D eigenvalue weighted by molar-refractivity contribution is 5.67. The molecule has 5 atom stereocenters. The summed E-state index contributed by atoms with van der Waals surface area (Å²) in [6.45, 7) is 10.2. The number of hydrogen-bond donors (Lipinski definition) is 1. The van der Waals surface area contributed by atoms with Crippen molar-refractivity contribution in [1.29, 1.82) is 0 Å². The average molecular weight is 364 g/mol. The highest BCUT2D eigenvalue weighted by Gasteiger charge is 2.53. The first-order valence-corrected chi connectivity index (χ1v) is 10.7. The van der Waals surface area contributed by atoms with Crippen molar-refractivity contribution in [1.82, 2.24) is 5.32 Å². The first-order valence-electron chi connectivity index (χ1n) is 10.7. The summed E-state index contributed by atoms with van der Waals surface area (Å²) >= 11 is 0. The van der Waals surface area contributed by atoms with E-state index >= 15 is 0 Å². The Kier molecular flexibility index (Phi) is 6.32. The Hall–Kier alpha value is -1.03. The minimum Gasteiger partial charge on any atom is -0.449 e. The van der Waals surface area contributed by atoms with Gasteiger partial charge in [0.25, 0.3) is 0 Å². The molecular weight excluding hydrogens is 326 g/mol. The molecule has 0 aromatic rings. The minimum absolute atomic E-state index is 0.0989. The van der Waals surface area contributed by atoms with Gasteiger partial charge in [0.05, 0.1) is 12.7 Å². The Labute approximate surface area is 159 Å². The van der Waals surface area contributed by atoms with Crippen molar-refractivity contribution in [3.8, 4) is 0 Å². The lowest BCUT2D eigenvalue weighted by Crippen LogP contribution is -2.57. The number of alkyl carbamates (subject to hydrolysis) is 1. The molecule has 2 fully saturated rings. The highest BCUT2D eigenvalue weighted by atomic mass is 16.6. The van der Waals surface area contributed by atoms with E-state index in [1.165, 1.54) is 24.8 Å². The third kappa shape index (κ3) is 3.81. The van der Waals surface area contributed by atoms with Crippen LogP contribution in [0.1, 0.15) is 72.6 Å². The molecule has 148 valence electrons. The van der Waals surface area contributed by atoms with Crippen LogP contribution < -0.4 is 5.32 Å². The van der Waals surface area contributed by atoms with Gasteiger partial charge in [-0.1, -0.05) is 58.1 Å². The second-order valence-electron chi connectivity index (χ2n) is 8.94. The van der Waals surface area contributed by atoms with Crippen LogP contribution in [0.15, 0.2) is 11.6 Å². The zero-order valence-corrected chi connectivity index (χ0v) is 17.1. The summed E-state index contributed by atoms with van der Waals surface area (Å²) in [5, 5.41) is 3.08. The topological polar surface area (TPSA) is 47.6 Å². The smallest absolute Gasteiger partial charge is 0.407 e. The standard InChI is InChI=1S/C22H37NO3/c1-5-9-19-20-15(2)12-16(3)22(13-25-19,17(20)4)14-26-21(24)23-18-10-7-6-8-11-18/h12,16-20H,5-11,13-14H2,1-4H3,(H,23,24)/t16?,17-,19?,20?,22+/m0/s1. The number of carbonyl (C=O) groups excluding carboxylic acids is 1. The van der Waals surface area contributed by atoms with Gasteiger partial charge in [-0.25, -0.2) is 4.79 Å². The molecule has 3 unspecified atom stereocenters. The summed E-state index contributed by atoms with van der Waals surface area (Å²) in [4.78, 5) is 12.4. The maximum atomic E-state index is 12.4. The Bertz CT molecular complexity index is 525. The van der Waals surface area contributed by atoms with Crippen molar-refractivity contribution in [3.05, 3.63) is 11.6 Å². The van der Waals surface area contributed by atoms with Crippen molar-refractivity contribution >= 4 is 6.09 Å². The molecule has 1 saturated carbocycles. The molecular formula is C22H37NO3. The lowest BCUT2D eigenvalue weighted by atomic mass is 9.56. The number of carbonyl (C=O) groups is 1. The second kappa shape index (κ2) is 8.33. The average Bonchev–Trinajstić information content (AvgIpc) is 2.61. The molecule has 0 aromatic heterocycles. The predicted octanol–water partition coefficient (Wildman–Crippen LogP) is 5.08. The molecule has 1 saturated heterocycles. The predicted molar refractivity (Wildman–Crippen MR) is 104 cm³/mol. The number of allylic oxidation sites excluding steroid dienone is 1. The molecule has 1 aliphatic heterocycles. The molecule has 2 aliphatic carbocycles. The van der Waals surface area contributed by atoms with Gasteiger partial charge in [0.1, 0.15) is 6.61 Å². The van der Waals surface area contributed by atoms with Gasteiger partial charge in [0, 0.05) is 17.4 Å². The van der Waals surface area contributed by atoms with Crippen molar-refractivity contribution in [2.75, 3.05) is 13.2 Å². The summed E-state index contributed by atoms with van der Waals surface area (Å²) in [5.41, 5.74) is 1.35. The Morgan fingerprint density at radius 1 is 1.31 bits per heavy atom. The van der Waals surface area contributed by atoms with Crippen molar-refractivity contribution < 1.29 is 14.3 Å². The van der Waals surface area contributed by atoms with E-state index in [1.54, 1.807) is 0 Å². The quantitative estimate of drug-likeness (QED) is 0.693. The number of ether oxygens (including phenoxy) is 2. The number of rotatable bonds is 5. The van der Waals surface area contributed by atoms with Crippen LogP contribution in [0.2, 0.25) is 0 Å². The van der Waals surface area contributed by atoms with Crippen LogP contribution >= 0.6 is 0 Å². The van der Waals surface area contributed by atoms with Crippen LogP contribution in [0.3, 0.4) is 0 Å². The molecule has 1 N–H and O–H groups in total. The van der Waals surface area contributed by atoms with Gasteiger partial charge in [0.15, 0.2) is 0 Å². The summed E-state index contributed by atoms with van der Waals surface area (Å²) in [5.74, 6) is 1.28. The van der Waals surface area contributed by atoms with Crippen molar-refractivity contribution in [3.63, 3.8) is 0 Å². The van der Waals surface area contributed by atoms with E-state index in [-0.39, 0.29) is 11.5 Å². The maximum absolute atomic E-state index is 12.4. The number of fused-ring (bicyclic) bond motifs is 2. The maximum Gasteiger partial charge on any atom is 0.407 e. The molecule has 26 heavy (non-hydrogen) atoms. The fourth-order valence-corrected chi connectivity index (χ4v) is 5.59. The van der Waals surface area contributed by atoms with E-state index < -0.39 is 0 Å². The molecule has 0 spiro atoms. The molecule has 4 heteroatoms. The summed E-state index contributed by atoms with van der Waals surface area (Å²) in [6, 6.07) is 0.293. The van der Waals surface area contributed by atoms with Gasteiger partial charge in [-0.05, 0) is 38.0 Å². The fraction of sp³-hybridized carbons (Fsp3) is 0.864. The summed E-state index contributed by atoms with van der Waals surface area (Å²) in [7, 11) is 0. The van der Waals surface area contributed by atoms with Crippen LogP contribution in [0.4, 0.5) is 4.79 Å². The van der Waals surface area contributed by atoms with Gasteiger partial charge in [0.2, 0.25) is 0 Å². The van der Waals surface area contributed by atoms with Gasteiger partial charge in [-0.15, -0.1) is 0 Å². The molecule has 0 aromatic carbocycles. The SMILES string of the molecule is CCCC1OC[C@@]2(COC(=O)NC3CCCCC3)C(C)C=C(C)C1[C@@H]2C.